The molecule has 41 heavy (non-hydrogen) atoms. The molecule has 7 nitrogen and oxygen atoms in total. The van der Waals surface area contributed by atoms with Gasteiger partial charge in [0.05, 0.1) is 24.2 Å². The average Bonchev–Trinajstić information content (AvgIpc) is 3.43. The van der Waals surface area contributed by atoms with Crippen molar-refractivity contribution in [2.75, 3.05) is 33.4 Å². The highest BCUT2D eigenvalue weighted by Crippen LogP contribution is 2.42. The molecule has 1 unspecified atom stereocenters. The number of dihydropyridines is 1. The molecule has 0 bridgehead atoms. The van der Waals surface area contributed by atoms with Crippen LogP contribution in [0, 0.1) is 6.92 Å². The lowest BCUT2D eigenvalue weighted by atomic mass is 9.68. The lowest BCUT2D eigenvalue weighted by Gasteiger charge is -2.43. The van der Waals surface area contributed by atoms with E-state index in [4.69, 9.17) is 15.2 Å². The zero-order valence-corrected chi connectivity index (χ0v) is 24.6. The van der Waals surface area contributed by atoms with Crippen molar-refractivity contribution in [1.82, 2.24) is 10.2 Å². The second-order valence-electron chi connectivity index (χ2n) is 10.7. The molecule has 1 fully saturated rings. The number of thiophene rings is 1. The minimum atomic E-state index is -0.651. The van der Waals surface area contributed by atoms with Crippen LogP contribution in [0.3, 0.4) is 0 Å². The molecular formula is C33H37N3O4S. The highest BCUT2D eigenvalue weighted by Gasteiger charge is 2.40. The third kappa shape index (κ3) is 5.80. The molecule has 0 radical (unpaired) electrons. The van der Waals surface area contributed by atoms with Crippen LogP contribution in [0.5, 0.6) is 0 Å². The molecule has 2 aromatic carbocycles. The van der Waals surface area contributed by atoms with E-state index in [0.717, 1.165) is 35.7 Å². The number of allylic oxidation sites excluding steroid dienone is 1. The second kappa shape index (κ2) is 12.3. The van der Waals surface area contributed by atoms with E-state index in [2.05, 4.69) is 70.9 Å². The van der Waals surface area contributed by atoms with Gasteiger partial charge in [-0.05, 0) is 63.0 Å². The van der Waals surface area contributed by atoms with Crippen LogP contribution in [0.4, 0.5) is 0 Å². The zero-order valence-electron chi connectivity index (χ0n) is 23.8. The highest BCUT2D eigenvalue weighted by molar-refractivity contribution is 7.12. The van der Waals surface area contributed by atoms with E-state index < -0.39 is 17.9 Å². The van der Waals surface area contributed by atoms with Crippen LogP contribution in [0.25, 0.3) is 0 Å². The number of ether oxygens (including phenoxy) is 2. The first-order chi connectivity index (χ1) is 19.8. The lowest BCUT2D eigenvalue weighted by Crippen LogP contribution is -2.44. The number of esters is 2. The fraction of sp³-hybridized carbons (Fsp3) is 0.333. The van der Waals surface area contributed by atoms with Gasteiger partial charge in [0.2, 0.25) is 0 Å². The van der Waals surface area contributed by atoms with Crippen LogP contribution in [0.15, 0.2) is 95.5 Å². The number of hydrogen-bond donors (Lipinski definition) is 2. The van der Waals surface area contributed by atoms with E-state index in [1.165, 1.54) is 29.6 Å². The number of nitrogens with zero attached hydrogens (tertiary/aromatic N) is 1. The molecule has 0 aliphatic carbocycles. The van der Waals surface area contributed by atoms with Gasteiger partial charge in [-0.1, -0.05) is 60.7 Å². The molecule has 0 spiro atoms. The Bertz CT molecular complexity index is 1410. The molecule has 8 heteroatoms. The third-order valence-electron chi connectivity index (χ3n) is 8.27. The standard InChI is InChI=1S/C33H37N3O4S/c1-22-14-15-26(41-22)28-27(23(2)35-30(34)29(28)31(37)39-3)32(38)40-21-20-36-18-16-33(17-19-36,24-10-6-4-7-11-24)25-12-8-5-9-13-25/h4-15,28,35H,16-21,34H2,1-3H3. The summed E-state index contributed by atoms with van der Waals surface area (Å²) in [5.41, 5.74) is 10.1. The van der Waals surface area contributed by atoms with Gasteiger partial charge in [-0.2, -0.15) is 0 Å². The van der Waals surface area contributed by atoms with E-state index >= 15 is 0 Å². The summed E-state index contributed by atoms with van der Waals surface area (Å²) in [5.74, 6) is -1.49. The molecule has 1 aromatic heterocycles. The number of carbonyl (C=O) groups is 2. The molecule has 0 amide bonds. The van der Waals surface area contributed by atoms with Crippen molar-refractivity contribution in [3.63, 3.8) is 0 Å². The summed E-state index contributed by atoms with van der Waals surface area (Å²) in [6, 6.07) is 25.4. The van der Waals surface area contributed by atoms with Gasteiger partial charge < -0.3 is 20.5 Å². The summed E-state index contributed by atoms with van der Waals surface area (Å²) < 4.78 is 10.9. The Morgan fingerprint density at radius 1 is 0.927 bits per heavy atom. The summed E-state index contributed by atoms with van der Waals surface area (Å²) in [7, 11) is 1.31. The fourth-order valence-electron chi connectivity index (χ4n) is 6.12. The topological polar surface area (TPSA) is 93.9 Å². The van der Waals surface area contributed by atoms with Crippen LogP contribution in [-0.4, -0.2) is 50.2 Å². The van der Waals surface area contributed by atoms with Gasteiger partial charge in [0.25, 0.3) is 0 Å². The first kappa shape index (κ1) is 28.6. The Morgan fingerprint density at radius 3 is 2.07 bits per heavy atom. The number of likely N-dealkylation sites (tertiary alicyclic amines) is 1. The van der Waals surface area contributed by atoms with E-state index in [0.29, 0.717) is 17.8 Å². The number of hydrogen-bond acceptors (Lipinski definition) is 8. The second-order valence-corrected chi connectivity index (χ2v) is 12.0. The number of rotatable bonds is 8. The van der Waals surface area contributed by atoms with Gasteiger partial charge in [-0.3, -0.25) is 4.90 Å². The Hall–Kier alpha value is -3.88. The van der Waals surface area contributed by atoms with Crippen LogP contribution < -0.4 is 11.1 Å². The largest absolute Gasteiger partial charge is 0.466 e. The van der Waals surface area contributed by atoms with Crippen molar-refractivity contribution in [3.05, 3.63) is 116 Å². The van der Waals surface area contributed by atoms with Crippen LogP contribution in [0.1, 0.15) is 46.6 Å². The van der Waals surface area contributed by atoms with Gasteiger partial charge in [0.15, 0.2) is 0 Å². The van der Waals surface area contributed by atoms with Crippen molar-refractivity contribution >= 4 is 23.3 Å². The monoisotopic (exact) mass is 571 g/mol. The Labute approximate surface area is 245 Å². The normalized spacial score (nSPS) is 19.0. The van der Waals surface area contributed by atoms with Crippen molar-refractivity contribution in [1.29, 1.82) is 0 Å². The molecule has 3 N–H and O–H groups in total. The van der Waals surface area contributed by atoms with Gasteiger partial charge in [0.1, 0.15) is 12.4 Å². The van der Waals surface area contributed by atoms with E-state index in [1.807, 2.05) is 19.1 Å². The quantitative estimate of drug-likeness (QED) is 0.368. The number of methoxy groups -OCH3 is 1. The molecule has 0 saturated carbocycles. The fourth-order valence-corrected chi connectivity index (χ4v) is 7.11. The predicted octanol–water partition coefficient (Wildman–Crippen LogP) is 4.99. The molecule has 3 aromatic rings. The Kier molecular flexibility index (Phi) is 8.61. The number of benzene rings is 2. The first-order valence-corrected chi connectivity index (χ1v) is 14.8. The Morgan fingerprint density at radius 2 is 1.54 bits per heavy atom. The number of piperidine rings is 1. The maximum atomic E-state index is 13.5. The van der Waals surface area contributed by atoms with Crippen LogP contribution in [-0.2, 0) is 24.5 Å². The summed E-state index contributed by atoms with van der Waals surface area (Å²) in [5, 5.41) is 2.99. The number of aryl methyl sites for hydroxylation is 1. The first-order valence-electron chi connectivity index (χ1n) is 14.0. The summed E-state index contributed by atoms with van der Waals surface area (Å²) in [4.78, 5) is 30.5. The molecular weight excluding hydrogens is 534 g/mol. The van der Waals surface area contributed by atoms with E-state index in [9.17, 15) is 9.59 Å². The van der Waals surface area contributed by atoms with Crippen molar-refractivity contribution in [2.24, 2.45) is 5.73 Å². The zero-order chi connectivity index (χ0) is 29.0. The summed E-state index contributed by atoms with van der Waals surface area (Å²) >= 11 is 1.52. The van der Waals surface area contributed by atoms with Crippen LogP contribution >= 0.6 is 11.3 Å². The maximum Gasteiger partial charge on any atom is 0.338 e. The molecule has 1 saturated heterocycles. The SMILES string of the molecule is COC(=O)C1=C(N)NC(C)=C(C(=O)OCCN2CCC(c3ccccc3)(c3ccccc3)CC2)C1c1ccc(C)s1. The minimum Gasteiger partial charge on any atom is -0.466 e. The van der Waals surface area contributed by atoms with Gasteiger partial charge in [-0.15, -0.1) is 11.3 Å². The van der Waals surface area contributed by atoms with Crippen molar-refractivity contribution in [3.8, 4) is 0 Å². The van der Waals surface area contributed by atoms with Gasteiger partial charge >= 0.3 is 11.9 Å². The molecule has 5 rings (SSSR count). The molecule has 2 aliphatic heterocycles. The van der Waals surface area contributed by atoms with Gasteiger partial charge in [-0.25, -0.2) is 9.59 Å². The predicted molar refractivity (Wildman–Crippen MR) is 161 cm³/mol. The third-order valence-corrected chi connectivity index (χ3v) is 9.33. The van der Waals surface area contributed by atoms with Crippen LogP contribution in [0.2, 0.25) is 0 Å². The molecule has 214 valence electrons. The number of nitrogens with two attached hydrogens (primary N) is 1. The Balaban J connectivity index is 1.27. The summed E-state index contributed by atoms with van der Waals surface area (Å²) in [6.45, 7) is 6.44. The van der Waals surface area contributed by atoms with E-state index in [1.54, 1.807) is 6.92 Å². The summed E-state index contributed by atoms with van der Waals surface area (Å²) in [6.07, 6.45) is 1.96. The van der Waals surface area contributed by atoms with E-state index in [-0.39, 0.29) is 23.4 Å². The number of carbonyl (C=O) groups excluding carboxylic acids is 2. The molecule has 2 aliphatic rings. The highest BCUT2D eigenvalue weighted by atomic mass is 32.1. The van der Waals surface area contributed by atoms with Gasteiger partial charge in [0, 0.05) is 27.4 Å². The van der Waals surface area contributed by atoms with Crippen molar-refractivity contribution in [2.45, 2.75) is 38.0 Å². The molecule has 1 atom stereocenters. The molecule has 3 heterocycles. The smallest absolute Gasteiger partial charge is 0.338 e. The lowest BCUT2D eigenvalue weighted by molar-refractivity contribution is -0.140. The van der Waals surface area contributed by atoms with Crippen molar-refractivity contribution < 1.29 is 19.1 Å². The maximum absolute atomic E-state index is 13.5. The average molecular weight is 572 g/mol. The number of nitrogens with one attached hydrogen (secondary N) is 1. The minimum absolute atomic E-state index is 0.0337.